The second kappa shape index (κ2) is 8.45. The van der Waals surface area contributed by atoms with Crippen LogP contribution in [0, 0.1) is 0 Å². The third-order valence-electron chi connectivity index (χ3n) is 5.43. The van der Waals surface area contributed by atoms with E-state index in [0.717, 1.165) is 55.2 Å². The number of nitrogens with zero attached hydrogens (tertiary/aromatic N) is 4. The molecule has 0 spiro atoms. The number of fused-ring (bicyclic) bond motifs is 1. The molecular weight excluding hydrogens is 478 g/mol. The van der Waals surface area contributed by atoms with Gasteiger partial charge in [-0.05, 0) is 12.1 Å². The number of para-hydroxylation sites is 2. The van der Waals surface area contributed by atoms with Crippen LogP contribution < -0.4 is 21.3 Å². The molecule has 1 aliphatic heterocycles. The summed E-state index contributed by atoms with van der Waals surface area (Å²) in [5, 5.41) is 13.2. The molecule has 2 aliphatic rings. The molecule has 8 nitrogen and oxygen atoms in total. The quantitative estimate of drug-likeness (QED) is 0.477. The highest BCUT2D eigenvalue weighted by molar-refractivity contribution is 9.09. The molecule has 10 heteroatoms. The van der Waals surface area contributed by atoms with E-state index >= 15 is 0 Å². The van der Waals surface area contributed by atoms with Crippen LogP contribution in [0.1, 0.15) is 21.7 Å². The van der Waals surface area contributed by atoms with E-state index < -0.39 is 0 Å². The molecule has 0 radical (unpaired) electrons. The van der Waals surface area contributed by atoms with Crippen molar-refractivity contribution in [3.63, 3.8) is 0 Å². The number of nitrogens with two attached hydrogens (primary N) is 1. The van der Waals surface area contributed by atoms with E-state index in [2.05, 4.69) is 47.6 Å². The number of rotatable bonds is 4. The molecule has 31 heavy (non-hydrogen) atoms. The van der Waals surface area contributed by atoms with Crippen molar-refractivity contribution < 1.29 is 4.79 Å². The van der Waals surface area contributed by atoms with Crippen molar-refractivity contribution in [2.24, 2.45) is 0 Å². The third kappa shape index (κ3) is 3.98. The summed E-state index contributed by atoms with van der Waals surface area (Å²) in [4.78, 5) is 20.0. The lowest BCUT2D eigenvalue weighted by molar-refractivity contribution is 0.102. The van der Waals surface area contributed by atoms with Crippen LogP contribution in [0.5, 0.6) is 0 Å². The second-order valence-electron chi connectivity index (χ2n) is 7.46. The molecule has 0 bridgehead atoms. The molecule has 1 fully saturated rings. The molecule has 160 valence electrons. The molecule has 1 amide bonds. The number of nitrogen functional groups attached to an aromatic ring is 1. The fraction of sp³-hybridized carbons (Fsp3) is 0.286. The number of amides is 1. The zero-order valence-corrected chi connectivity index (χ0v) is 19.1. The van der Waals surface area contributed by atoms with Gasteiger partial charge in [0, 0.05) is 48.4 Å². The van der Waals surface area contributed by atoms with Gasteiger partial charge in [-0.15, -0.1) is 16.4 Å². The van der Waals surface area contributed by atoms with Crippen LogP contribution in [0.2, 0.25) is 0 Å². The molecule has 1 atom stereocenters. The summed E-state index contributed by atoms with van der Waals surface area (Å²) in [5.74, 6) is 0.231. The van der Waals surface area contributed by atoms with Crippen LogP contribution in [-0.4, -0.2) is 51.7 Å². The highest BCUT2D eigenvalue weighted by atomic mass is 79.9. The summed E-state index contributed by atoms with van der Waals surface area (Å²) in [7, 11) is 0. The van der Waals surface area contributed by atoms with Crippen LogP contribution in [0.3, 0.4) is 0 Å². The van der Waals surface area contributed by atoms with Crippen molar-refractivity contribution in [2.45, 2.75) is 11.2 Å². The maximum Gasteiger partial charge on any atom is 0.275 e. The number of carbonyl (C=O) groups is 1. The molecule has 2 aromatic heterocycles. The maximum absolute atomic E-state index is 13.0. The molecule has 3 aromatic rings. The molecule has 1 unspecified atom stereocenters. The summed E-state index contributed by atoms with van der Waals surface area (Å²) in [6.07, 6.45) is 4.79. The number of anilines is 3. The standard InChI is InChI=1S/C21H22BrN7OS/c22-13-5-6-14-18(11-13)29(27-19(14)23)21-26-16(12-31-21)20(30)25-15-3-1-2-4-17(15)28-9-7-24-8-10-28/h1-6,12-13,24H,7-11H2,(H2,23,27)(H,25,30). The Kier molecular flexibility index (Phi) is 5.51. The number of hydrogen-bond donors (Lipinski definition) is 3. The van der Waals surface area contributed by atoms with E-state index in [9.17, 15) is 4.79 Å². The zero-order chi connectivity index (χ0) is 21.4. The van der Waals surface area contributed by atoms with Gasteiger partial charge >= 0.3 is 0 Å². The number of thiazole rings is 1. The number of benzene rings is 1. The van der Waals surface area contributed by atoms with Crippen molar-refractivity contribution in [3.8, 4) is 5.13 Å². The number of halogens is 1. The number of allylic oxidation sites excluding steroid dienone is 1. The lowest BCUT2D eigenvalue weighted by Crippen LogP contribution is -2.43. The van der Waals surface area contributed by atoms with E-state index in [1.54, 1.807) is 10.1 Å². The Balaban J connectivity index is 1.38. The van der Waals surface area contributed by atoms with Crippen LogP contribution in [0.15, 0.2) is 35.7 Å². The molecule has 4 N–H and O–H groups in total. The molecule has 5 rings (SSSR count). The molecule has 1 saturated heterocycles. The van der Waals surface area contributed by atoms with Gasteiger partial charge < -0.3 is 21.3 Å². The van der Waals surface area contributed by atoms with Crippen molar-refractivity contribution in [3.05, 3.63) is 52.7 Å². The van der Waals surface area contributed by atoms with Crippen molar-refractivity contribution in [1.29, 1.82) is 0 Å². The van der Waals surface area contributed by atoms with Gasteiger partial charge in [0.05, 0.1) is 17.1 Å². The van der Waals surface area contributed by atoms with Gasteiger partial charge in [0.25, 0.3) is 5.91 Å². The number of piperazine rings is 1. The van der Waals surface area contributed by atoms with Gasteiger partial charge in [-0.2, -0.15) is 0 Å². The predicted molar refractivity (Wildman–Crippen MR) is 129 cm³/mol. The van der Waals surface area contributed by atoms with Gasteiger partial charge in [0.15, 0.2) is 5.82 Å². The summed E-state index contributed by atoms with van der Waals surface area (Å²) >= 11 is 5.00. The summed E-state index contributed by atoms with van der Waals surface area (Å²) in [6, 6.07) is 7.88. The Morgan fingerprint density at radius 1 is 1.29 bits per heavy atom. The smallest absolute Gasteiger partial charge is 0.275 e. The number of carbonyl (C=O) groups excluding carboxylic acids is 1. The van der Waals surface area contributed by atoms with E-state index in [-0.39, 0.29) is 10.7 Å². The van der Waals surface area contributed by atoms with Crippen LogP contribution >= 0.6 is 27.3 Å². The molecule has 1 aliphatic carbocycles. The fourth-order valence-electron chi connectivity index (χ4n) is 3.89. The normalized spacial score (nSPS) is 18.1. The van der Waals surface area contributed by atoms with E-state index in [1.807, 2.05) is 30.3 Å². The Bertz CT molecular complexity index is 1150. The third-order valence-corrected chi connectivity index (χ3v) is 6.87. The predicted octanol–water partition coefficient (Wildman–Crippen LogP) is 2.91. The van der Waals surface area contributed by atoms with E-state index in [4.69, 9.17) is 5.73 Å². The Hall–Kier alpha value is -2.69. The minimum absolute atomic E-state index is 0.221. The van der Waals surface area contributed by atoms with E-state index in [1.165, 1.54) is 11.3 Å². The van der Waals surface area contributed by atoms with Crippen molar-refractivity contribution in [2.75, 3.05) is 42.1 Å². The zero-order valence-electron chi connectivity index (χ0n) is 16.7. The van der Waals surface area contributed by atoms with Gasteiger partial charge in [-0.25, -0.2) is 9.67 Å². The van der Waals surface area contributed by atoms with Gasteiger partial charge in [-0.3, -0.25) is 4.79 Å². The second-order valence-corrected chi connectivity index (χ2v) is 9.47. The van der Waals surface area contributed by atoms with Crippen molar-refractivity contribution in [1.82, 2.24) is 20.1 Å². The lowest BCUT2D eigenvalue weighted by Gasteiger charge is -2.31. The number of alkyl halides is 1. The molecule has 0 saturated carbocycles. The fourth-order valence-corrected chi connectivity index (χ4v) is 5.12. The molecule has 1 aromatic carbocycles. The Morgan fingerprint density at radius 3 is 2.94 bits per heavy atom. The highest BCUT2D eigenvalue weighted by Crippen LogP contribution is 2.31. The van der Waals surface area contributed by atoms with Crippen LogP contribution in [0.4, 0.5) is 17.2 Å². The minimum atomic E-state index is -0.239. The largest absolute Gasteiger partial charge is 0.382 e. The first-order valence-corrected chi connectivity index (χ1v) is 11.9. The topological polar surface area (TPSA) is 101 Å². The van der Waals surface area contributed by atoms with Crippen molar-refractivity contribution >= 4 is 56.4 Å². The first kappa shape index (κ1) is 20.2. The maximum atomic E-state index is 13.0. The highest BCUT2D eigenvalue weighted by Gasteiger charge is 2.23. The first-order valence-electron chi connectivity index (χ1n) is 10.1. The average Bonchev–Trinajstić information content (AvgIpc) is 3.40. The lowest BCUT2D eigenvalue weighted by atomic mass is 10.0. The Morgan fingerprint density at radius 2 is 2.10 bits per heavy atom. The number of hydrogen-bond acceptors (Lipinski definition) is 7. The van der Waals surface area contributed by atoms with Gasteiger partial charge in [0.2, 0.25) is 5.13 Å². The number of aromatic nitrogens is 3. The molecular formula is C21H22BrN7OS. The van der Waals surface area contributed by atoms with Gasteiger partial charge in [-0.1, -0.05) is 40.2 Å². The van der Waals surface area contributed by atoms with Crippen LogP contribution in [0.25, 0.3) is 11.2 Å². The molecule has 3 heterocycles. The van der Waals surface area contributed by atoms with E-state index in [0.29, 0.717) is 16.6 Å². The van der Waals surface area contributed by atoms with Gasteiger partial charge in [0.1, 0.15) is 5.69 Å². The van der Waals surface area contributed by atoms with Crippen LogP contribution in [-0.2, 0) is 6.42 Å². The Labute approximate surface area is 192 Å². The number of nitrogens with one attached hydrogen (secondary N) is 2. The summed E-state index contributed by atoms with van der Waals surface area (Å²) in [5.41, 5.74) is 10.2. The minimum Gasteiger partial charge on any atom is -0.382 e. The first-order chi connectivity index (χ1) is 15.1. The average molecular weight is 500 g/mol. The SMILES string of the molecule is Nc1nn(-c2nc(C(=O)Nc3ccccc3N3CCNCC3)cs2)c2c1C=CC(Br)C2. The summed E-state index contributed by atoms with van der Waals surface area (Å²) < 4.78 is 1.75. The monoisotopic (exact) mass is 499 g/mol. The summed E-state index contributed by atoms with van der Waals surface area (Å²) in [6.45, 7) is 3.67.